The van der Waals surface area contributed by atoms with Gasteiger partial charge in [0.05, 0.1) is 30.1 Å². The Balaban J connectivity index is 1.35. The highest BCUT2D eigenvalue weighted by Gasteiger charge is 2.22. The van der Waals surface area contributed by atoms with Crippen molar-refractivity contribution in [3.63, 3.8) is 0 Å². The van der Waals surface area contributed by atoms with E-state index in [-0.39, 0.29) is 5.91 Å². The number of carbonyl (C=O) groups is 1. The Bertz CT molecular complexity index is 1050. The number of ether oxygens (including phenoxy) is 1. The first-order valence-electron chi connectivity index (χ1n) is 10.0. The Labute approximate surface area is 184 Å². The molecule has 1 aliphatic rings. The third-order valence-corrected chi connectivity index (χ3v) is 5.28. The lowest BCUT2D eigenvalue weighted by Crippen LogP contribution is -2.36. The first-order valence-corrected chi connectivity index (χ1v) is 10.4. The summed E-state index contributed by atoms with van der Waals surface area (Å²) in [7, 11) is 0. The van der Waals surface area contributed by atoms with Crippen LogP contribution in [0.4, 0.5) is 11.5 Å². The molecule has 10 heteroatoms. The molecular formula is C21H23ClN6O3. The molecule has 4 rings (SSSR count). The third kappa shape index (κ3) is 4.95. The molecule has 162 valence electrons. The minimum absolute atomic E-state index is 0.274. The first-order chi connectivity index (χ1) is 15.1. The number of nitrogens with zero attached hydrogens (tertiary/aromatic N) is 4. The summed E-state index contributed by atoms with van der Waals surface area (Å²) < 4.78 is 10.6. The highest BCUT2D eigenvalue weighted by Crippen LogP contribution is 2.30. The maximum atomic E-state index is 12.8. The highest BCUT2D eigenvalue weighted by molar-refractivity contribution is 6.33. The molecule has 3 aromatic rings. The molecule has 1 aromatic carbocycles. The van der Waals surface area contributed by atoms with E-state index in [0.29, 0.717) is 59.7 Å². The van der Waals surface area contributed by atoms with Crippen LogP contribution in [0.2, 0.25) is 5.02 Å². The van der Waals surface area contributed by atoms with Gasteiger partial charge in [0, 0.05) is 37.8 Å². The molecule has 1 amide bonds. The minimum Gasteiger partial charge on any atom is -0.378 e. The van der Waals surface area contributed by atoms with Crippen molar-refractivity contribution in [3.8, 4) is 11.3 Å². The van der Waals surface area contributed by atoms with E-state index in [1.807, 2.05) is 18.2 Å². The number of hydrogen-bond acceptors (Lipinski definition) is 8. The fourth-order valence-electron chi connectivity index (χ4n) is 3.37. The predicted molar refractivity (Wildman–Crippen MR) is 118 cm³/mol. The van der Waals surface area contributed by atoms with Crippen molar-refractivity contribution in [1.29, 1.82) is 0 Å². The summed E-state index contributed by atoms with van der Waals surface area (Å²) >= 11 is 6.26. The van der Waals surface area contributed by atoms with Crippen molar-refractivity contribution in [1.82, 2.24) is 20.7 Å². The van der Waals surface area contributed by atoms with E-state index >= 15 is 0 Å². The van der Waals surface area contributed by atoms with Crippen molar-refractivity contribution in [2.45, 2.75) is 6.92 Å². The number of carbonyl (C=O) groups excluding carboxylic acids is 1. The van der Waals surface area contributed by atoms with Gasteiger partial charge in [-0.05, 0) is 13.0 Å². The van der Waals surface area contributed by atoms with E-state index in [1.54, 1.807) is 25.3 Å². The number of hydrogen-bond donors (Lipinski definition) is 2. The lowest BCUT2D eigenvalue weighted by atomic mass is 10.1. The monoisotopic (exact) mass is 442 g/mol. The molecule has 1 aliphatic heterocycles. The fourth-order valence-corrected chi connectivity index (χ4v) is 3.59. The second-order valence-electron chi connectivity index (χ2n) is 7.02. The predicted octanol–water partition coefficient (Wildman–Crippen LogP) is 2.77. The lowest BCUT2D eigenvalue weighted by Gasteiger charge is -2.28. The molecule has 0 unspecified atom stereocenters. The van der Waals surface area contributed by atoms with Crippen LogP contribution < -0.4 is 15.5 Å². The first kappa shape index (κ1) is 21.1. The smallest absolute Gasteiger partial charge is 0.257 e. The van der Waals surface area contributed by atoms with Gasteiger partial charge in [-0.3, -0.25) is 4.79 Å². The molecule has 31 heavy (non-hydrogen) atoms. The molecule has 2 aromatic heterocycles. The molecule has 1 saturated heterocycles. The molecule has 0 bridgehead atoms. The number of anilines is 2. The lowest BCUT2D eigenvalue weighted by molar-refractivity contribution is 0.0954. The van der Waals surface area contributed by atoms with Gasteiger partial charge in [0.2, 0.25) is 0 Å². The van der Waals surface area contributed by atoms with Crippen molar-refractivity contribution in [2.75, 3.05) is 49.6 Å². The standard InChI is InChI=1S/C21H23ClN6O3/c1-14-19(20(27-31-14)16-4-2-3-5-17(16)22)21(29)24-7-6-23-18-12-15(13-25-26-18)28-8-10-30-11-9-28/h2-5,12-13H,6-11H2,1H3,(H,23,26)(H,24,29). The summed E-state index contributed by atoms with van der Waals surface area (Å²) in [6.07, 6.45) is 1.74. The highest BCUT2D eigenvalue weighted by atomic mass is 35.5. The molecule has 0 radical (unpaired) electrons. The van der Waals surface area contributed by atoms with Gasteiger partial charge in [-0.2, -0.15) is 5.10 Å². The summed E-state index contributed by atoms with van der Waals surface area (Å²) in [6, 6.07) is 9.15. The Hall–Kier alpha value is -3.17. The molecule has 0 spiro atoms. The average molecular weight is 443 g/mol. The Morgan fingerprint density at radius 2 is 2.03 bits per heavy atom. The summed E-state index contributed by atoms with van der Waals surface area (Å²) in [4.78, 5) is 15.0. The van der Waals surface area contributed by atoms with Crippen LogP contribution in [-0.2, 0) is 4.74 Å². The van der Waals surface area contributed by atoms with E-state index < -0.39 is 0 Å². The molecule has 0 aliphatic carbocycles. The Kier molecular flexibility index (Phi) is 6.63. The number of rotatable bonds is 7. The normalized spacial score (nSPS) is 13.8. The van der Waals surface area contributed by atoms with Crippen molar-refractivity contribution >= 4 is 29.0 Å². The van der Waals surface area contributed by atoms with Crippen LogP contribution in [0, 0.1) is 6.92 Å². The largest absolute Gasteiger partial charge is 0.378 e. The van der Waals surface area contributed by atoms with Gasteiger partial charge in [-0.15, -0.1) is 5.10 Å². The van der Waals surface area contributed by atoms with Crippen molar-refractivity contribution in [3.05, 3.63) is 52.9 Å². The van der Waals surface area contributed by atoms with Crippen molar-refractivity contribution in [2.24, 2.45) is 0 Å². The number of amides is 1. The number of benzene rings is 1. The van der Waals surface area contributed by atoms with Gasteiger partial charge < -0.3 is 24.8 Å². The fraction of sp³-hybridized carbons (Fsp3) is 0.333. The minimum atomic E-state index is -0.274. The van der Waals surface area contributed by atoms with Crippen LogP contribution in [0.15, 0.2) is 41.1 Å². The number of halogens is 1. The number of nitrogens with one attached hydrogen (secondary N) is 2. The summed E-state index contributed by atoms with van der Waals surface area (Å²) in [6.45, 7) is 5.63. The maximum Gasteiger partial charge on any atom is 0.257 e. The second kappa shape index (κ2) is 9.76. The van der Waals surface area contributed by atoms with Crippen LogP contribution in [0.1, 0.15) is 16.1 Å². The number of aryl methyl sites for hydroxylation is 1. The average Bonchev–Trinajstić information content (AvgIpc) is 3.19. The van der Waals surface area contributed by atoms with Gasteiger partial charge in [-0.1, -0.05) is 35.0 Å². The van der Waals surface area contributed by atoms with Gasteiger partial charge in [0.1, 0.15) is 17.0 Å². The summed E-state index contributed by atoms with van der Waals surface area (Å²) in [5, 5.41) is 18.8. The van der Waals surface area contributed by atoms with Crippen LogP contribution >= 0.6 is 11.6 Å². The number of aromatic nitrogens is 3. The van der Waals surface area contributed by atoms with Crippen LogP contribution in [-0.4, -0.2) is 60.7 Å². The second-order valence-corrected chi connectivity index (χ2v) is 7.43. The number of morpholine rings is 1. The summed E-state index contributed by atoms with van der Waals surface area (Å²) in [5.74, 6) is 0.809. The zero-order valence-electron chi connectivity index (χ0n) is 17.1. The zero-order valence-corrected chi connectivity index (χ0v) is 17.9. The van der Waals surface area contributed by atoms with Crippen molar-refractivity contribution < 1.29 is 14.1 Å². The van der Waals surface area contributed by atoms with Gasteiger partial charge in [-0.25, -0.2) is 0 Å². The van der Waals surface area contributed by atoms with E-state index in [9.17, 15) is 4.79 Å². The van der Waals surface area contributed by atoms with Gasteiger partial charge in [0.15, 0.2) is 5.82 Å². The van der Waals surface area contributed by atoms with Crippen LogP contribution in [0.25, 0.3) is 11.3 Å². The molecule has 1 fully saturated rings. The van der Waals surface area contributed by atoms with E-state index in [0.717, 1.165) is 18.8 Å². The quantitative estimate of drug-likeness (QED) is 0.538. The summed E-state index contributed by atoms with van der Waals surface area (Å²) in [5.41, 5.74) is 2.45. The van der Waals surface area contributed by atoms with Gasteiger partial charge >= 0.3 is 0 Å². The molecule has 0 saturated carbocycles. The molecule has 0 atom stereocenters. The molecular weight excluding hydrogens is 420 g/mol. The van der Waals surface area contributed by atoms with E-state index in [2.05, 4.69) is 30.9 Å². The Morgan fingerprint density at radius 3 is 2.84 bits per heavy atom. The topological polar surface area (TPSA) is 105 Å². The molecule has 9 nitrogen and oxygen atoms in total. The Morgan fingerprint density at radius 1 is 1.23 bits per heavy atom. The molecule has 3 heterocycles. The SMILES string of the molecule is Cc1onc(-c2ccccc2Cl)c1C(=O)NCCNc1cc(N2CCOCC2)cnn1. The van der Waals surface area contributed by atoms with Gasteiger partial charge in [0.25, 0.3) is 5.91 Å². The van der Waals surface area contributed by atoms with E-state index in [4.69, 9.17) is 20.9 Å². The molecule has 2 N–H and O–H groups in total. The zero-order chi connectivity index (χ0) is 21.6. The van der Waals surface area contributed by atoms with E-state index in [1.165, 1.54) is 0 Å². The van der Waals surface area contributed by atoms with Crippen LogP contribution in [0.3, 0.4) is 0 Å². The third-order valence-electron chi connectivity index (χ3n) is 4.95. The maximum absolute atomic E-state index is 12.8. The van der Waals surface area contributed by atoms with Crippen LogP contribution in [0.5, 0.6) is 0 Å².